The van der Waals surface area contributed by atoms with Crippen molar-refractivity contribution in [2.45, 2.75) is 38.5 Å². The van der Waals surface area contributed by atoms with Crippen LogP contribution in [0.3, 0.4) is 0 Å². The van der Waals surface area contributed by atoms with Gasteiger partial charge >= 0.3 is 0 Å². The fourth-order valence-electron chi connectivity index (χ4n) is 17.8. The highest BCUT2D eigenvalue weighted by Gasteiger charge is 2.38. The summed E-state index contributed by atoms with van der Waals surface area (Å²) in [7, 11) is 0. The van der Waals surface area contributed by atoms with Crippen LogP contribution in [-0.4, -0.2) is 14.1 Å². The van der Waals surface area contributed by atoms with Crippen LogP contribution in [0.1, 0.15) is 61.1 Å². The van der Waals surface area contributed by atoms with E-state index in [9.17, 15) is 0 Å². The number of nitrogens with zero attached hydrogens (tertiary/aromatic N) is 5. The summed E-state index contributed by atoms with van der Waals surface area (Å²) in [6, 6.07) is 128. The van der Waals surface area contributed by atoms with E-state index in [4.69, 9.17) is 0 Å². The first-order valence-corrected chi connectivity index (χ1v) is 38.0. The number of anilines is 6. The quantitative estimate of drug-likeness (QED) is 0.102. The minimum atomic E-state index is -0.156. The Balaban J connectivity index is 0.666. The van der Waals surface area contributed by atoms with E-state index >= 15 is 0 Å². The van der Waals surface area contributed by atoms with Gasteiger partial charge in [0.15, 0.2) is 0 Å². The molecule has 20 rings (SSSR count). The van der Waals surface area contributed by atoms with E-state index in [1.807, 2.05) is 24.5 Å². The molecule has 0 radical (unpaired) electrons. The second-order valence-electron chi connectivity index (χ2n) is 30.5. The zero-order valence-electron chi connectivity index (χ0n) is 61.9. The van der Waals surface area contributed by atoms with Gasteiger partial charge in [-0.1, -0.05) is 253 Å². The highest BCUT2D eigenvalue weighted by molar-refractivity contribution is 6.14. The molecule has 5 nitrogen and oxygen atoms in total. The van der Waals surface area contributed by atoms with Crippen molar-refractivity contribution in [2.75, 3.05) is 9.80 Å². The summed E-state index contributed by atoms with van der Waals surface area (Å²) in [5, 5.41) is 4.73. The van der Waals surface area contributed by atoms with Crippen LogP contribution >= 0.6 is 0 Å². The summed E-state index contributed by atoms with van der Waals surface area (Å²) < 4.78 is 4.81. The van der Waals surface area contributed by atoms with Gasteiger partial charge in [0.25, 0.3) is 0 Å². The minimum absolute atomic E-state index is 0.154. The number of hydrogen-bond acceptors (Lipinski definition) is 3. The number of para-hydroxylation sites is 1. The molecule has 0 aliphatic heterocycles. The summed E-state index contributed by atoms with van der Waals surface area (Å²) in [5.74, 6) is 0. The molecular weight excluding hydrogens is 1330 g/mol. The van der Waals surface area contributed by atoms with Gasteiger partial charge in [0, 0.05) is 90.3 Å². The third-order valence-corrected chi connectivity index (χ3v) is 23.6. The molecule has 2 aliphatic rings. The van der Waals surface area contributed by atoms with Crippen LogP contribution in [0.5, 0.6) is 0 Å². The van der Waals surface area contributed by atoms with E-state index < -0.39 is 0 Å². The molecule has 0 unspecified atom stereocenters. The van der Waals surface area contributed by atoms with Crippen LogP contribution in [0.25, 0.3) is 145 Å². The zero-order valence-corrected chi connectivity index (χ0v) is 61.9. The Morgan fingerprint density at radius 1 is 0.255 bits per heavy atom. The number of benzene rings is 15. The van der Waals surface area contributed by atoms with E-state index in [0.29, 0.717) is 0 Å². The fraction of sp³-hybridized carbons (Fsp3) is 0.0571. The molecular formula is C105H77N5. The highest BCUT2D eigenvalue weighted by atomic mass is 15.1. The molecule has 0 N–H and O–H groups in total. The summed E-state index contributed by atoms with van der Waals surface area (Å²) in [5.41, 5.74) is 37.4. The van der Waals surface area contributed by atoms with E-state index in [1.165, 1.54) is 77.2 Å². The molecule has 0 spiro atoms. The normalized spacial score (nSPS) is 12.9. The van der Waals surface area contributed by atoms with E-state index in [1.54, 1.807) is 0 Å². The largest absolute Gasteiger partial charge is 0.310 e. The van der Waals surface area contributed by atoms with Crippen molar-refractivity contribution in [3.8, 4) is 89.3 Å². The van der Waals surface area contributed by atoms with Crippen molar-refractivity contribution in [2.24, 2.45) is 0 Å². The number of fused-ring (bicyclic) bond motifs is 12. The lowest BCUT2D eigenvalue weighted by Gasteiger charge is -2.28. The Morgan fingerprint density at radius 2 is 0.527 bits per heavy atom. The second-order valence-corrected chi connectivity index (χ2v) is 30.5. The van der Waals surface area contributed by atoms with Gasteiger partial charge in [-0.3, -0.25) is 4.98 Å². The molecule has 0 fully saturated rings. The molecule has 3 heterocycles. The molecule has 18 aromatic rings. The van der Waals surface area contributed by atoms with E-state index in [-0.39, 0.29) is 10.8 Å². The van der Waals surface area contributed by atoms with Crippen LogP contribution in [0, 0.1) is 0 Å². The maximum absolute atomic E-state index is 4.46. The SMILES string of the molecule is C=Cc1ccc(-c2ccc(N(c3ccc(-c4ccc5c(c4)c4cc(-c6ccc7c(c6)c6cc(-c8ccc(N(c9ccc(-c%10ccc(C=C)cc%10)cc9)c9ccc%10c(c9)C(C)(C)c9ccccc9-%10)cc8)ccc6n7-c6ccncc6)ccc4n5-c4ccccc4)cc3)c3ccc4c(c3)C(C)(C)c3ccccc3-4)cc2)cc1. The average molecular weight is 1410 g/mol. The summed E-state index contributed by atoms with van der Waals surface area (Å²) in [4.78, 5) is 9.28. The molecule has 2 aliphatic carbocycles. The molecule has 0 bridgehead atoms. The Kier molecular flexibility index (Phi) is 15.5. The van der Waals surface area contributed by atoms with Gasteiger partial charge in [-0.2, -0.15) is 0 Å². The molecule has 0 saturated heterocycles. The fourth-order valence-corrected chi connectivity index (χ4v) is 17.8. The van der Waals surface area contributed by atoms with Gasteiger partial charge in [-0.25, -0.2) is 0 Å². The van der Waals surface area contributed by atoms with Crippen LogP contribution in [-0.2, 0) is 10.8 Å². The van der Waals surface area contributed by atoms with Crippen molar-refractivity contribution >= 4 is 89.9 Å². The Morgan fingerprint density at radius 3 is 0.873 bits per heavy atom. The first kappa shape index (κ1) is 65.6. The molecule has 0 atom stereocenters. The topological polar surface area (TPSA) is 29.2 Å². The molecule has 5 heteroatoms. The van der Waals surface area contributed by atoms with Crippen molar-refractivity contribution in [3.05, 3.63) is 405 Å². The standard InChI is InChI=1S/C105H77N5/c1-7-68-22-26-70(27-23-68)72-30-42-81(43-31-72)107(86-50-52-90-88-18-12-14-20-96(88)104(3,4)98(90)66-86)83-46-34-74(35-47-83)76-38-54-100-92(62-76)94-64-78(40-56-101(94)109(100)80-16-10-9-11-17-80)79-41-57-103-95(65-79)93-63-77(39-55-102(93)110(103)85-58-60-106-61-59-85)75-36-48-84(49-37-75)108(82-44-32-73(33-45-82)71-28-24-69(8-2)25-29-71)87-51-53-91-89-19-13-15-21-97(89)105(5,6)99(91)67-87/h7-67H,1-2H2,3-6H3. The van der Waals surface area contributed by atoms with Gasteiger partial charge in [0.1, 0.15) is 0 Å². The van der Waals surface area contributed by atoms with Crippen LogP contribution in [0.15, 0.2) is 371 Å². The zero-order chi connectivity index (χ0) is 73.9. The number of pyridine rings is 1. The molecule has 15 aromatic carbocycles. The maximum atomic E-state index is 4.46. The Hall–Kier alpha value is -13.9. The van der Waals surface area contributed by atoms with Gasteiger partial charge in [0.2, 0.25) is 0 Å². The third kappa shape index (κ3) is 10.9. The lowest BCUT2D eigenvalue weighted by atomic mass is 9.82. The molecule has 0 saturated carbocycles. The molecule has 3 aromatic heterocycles. The lowest BCUT2D eigenvalue weighted by molar-refractivity contribution is 0.660. The molecule has 110 heavy (non-hydrogen) atoms. The maximum Gasteiger partial charge on any atom is 0.0541 e. The minimum Gasteiger partial charge on any atom is -0.310 e. The van der Waals surface area contributed by atoms with Gasteiger partial charge in [-0.15, -0.1) is 0 Å². The number of aromatic nitrogens is 3. The number of hydrogen-bond donors (Lipinski definition) is 0. The van der Waals surface area contributed by atoms with Crippen LogP contribution in [0.2, 0.25) is 0 Å². The first-order valence-electron chi connectivity index (χ1n) is 38.0. The number of rotatable bonds is 15. The first-order chi connectivity index (χ1) is 53.9. The Labute approximate surface area is 642 Å². The Bertz CT molecular complexity index is 6270. The summed E-state index contributed by atoms with van der Waals surface area (Å²) >= 11 is 0. The van der Waals surface area contributed by atoms with Gasteiger partial charge < -0.3 is 18.9 Å². The van der Waals surface area contributed by atoms with E-state index in [2.05, 4.69) is 411 Å². The van der Waals surface area contributed by atoms with E-state index in [0.717, 1.165) is 123 Å². The predicted octanol–water partition coefficient (Wildman–Crippen LogP) is 28.4. The molecule has 0 amide bonds. The van der Waals surface area contributed by atoms with Crippen LogP contribution in [0.4, 0.5) is 34.1 Å². The molecule has 522 valence electrons. The lowest BCUT2D eigenvalue weighted by Crippen LogP contribution is -2.16. The average Bonchev–Trinajstić information content (AvgIpc) is 1.59. The van der Waals surface area contributed by atoms with Crippen molar-refractivity contribution in [1.82, 2.24) is 14.1 Å². The van der Waals surface area contributed by atoms with Crippen molar-refractivity contribution < 1.29 is 0 Å². The third-order valence-electron chi connectivity index (χ3n) is 23.6. The summed E-state index contributed by atoms with van der Waals surface area (Å²) in [6.07, 6.45) is 7.55. The monoisotopic (exact) mass is 1410 g/mol. The second kappa shape index (κ2) is 26.0. The summed E-state index contributed by atoms with van der Waals surface area (Å²) in [6.45, 7) is 17.4. The smallest absolute Gasteiger partial charge is 0.0541 e. The van der Waals surface area contributed by atoms with Crippen molar-refractivity contribution in [3.63, 3.8) is 0 Å². The van der Waals surface area contributed by atoms with Crippen molar-refractivity contribution in [1.29, 1.82) is 0 Å². The van der Waals surface area contributed by atoms with Gasteiger partial charge in [0.05, 0.1) is 22.1 Å². The highest BCUT2D eigenvalue weighted by Crippen LogP contribution is 2.54. The predicted molar refractivity (Wildman–Crippen MR) is 465 cm³/mol. The van der Waals surface area contributed by atoms with Crippen LogP contribution < -0.4 is 9.80 Å². The van der Waals surface area contributed by atoms with Gasteiger partial charge in [-0.05, 0) is 257 Å².